The van der Waals surface area contributed by atoms with Crippen LogP contribution in [0.2, 0.25) is 0 Å². The lowest BCUT2D eigenvalue weighted by Gasteiger charge is -2.22. The largest absolute Gasteiger partial charge is 0.481 e. The Morgan fingerprint density at radius 1 is 1.07 bits per heavy atom. The van der Waals surface area contributed by atoms with Crippen LogP contribution >= 0.6 is 0 Å². The summed E-state index contributed by atoms with van der Waals surface area (Å²) in [6, 6.07) is 14.8. The van der Waals surface area contributed by atoms with Gasteiger partial charge < -0.3 is 19.5 Å². The van der Waals surface area contributed by atoms with Gasteiger partial charge in [-0.2, -0.15) is 4.98 Å². The molecular formula is C30H32N4O7S. The van der Waals surface area contributed by atoms with Crippen molar-refractivity contribution in [2.45, 2.75) is 63.7 Å². The number of aromatic nitrogens is 3. The molecule has 2 aromatic heterocycles. The van der Waals surface area contributed by atoms with Gasteiger partial charge in [0.05, 0.1) is 35.0 Å². The molecule has 5 rings (SSSR count). The molecule has 0 radical (unpaired) electrons. The van der Waals surface area contributed by atoms with Crippen LogP contribution in [-0.2, 0) is 37.3 Å². The second-order valence-corrected chi connectivity index (χ2v) is 12.7. The molecule has 1 N–H and O–H groups in total. The van der Waals surface area contributed by atoms with E-state index in [4.69, 9.17) is 14.2 Å². The van der Waals surface area contributed by atoms with Crippen molar-refractivity contribution in [3.63, 3.8) is 0 Å². The van der Waals surface area contributed by atoms with Crippen LogP contribution in [0.5, 0.6) is 5.88 Å². The molecule has 0 bridgehead atoms. The number of methoxy groups -OCH3 is 1. The number of esters is 1. The van der Waals surface area contributed by atoms with Crippen LogP contribution in [0.4, 0.5) is 4.79 Å². The van der Waals surface area contributed by atoms with E-state index in [9.17, 15) is 18.0 Å². The molecule has 1 aliphatic carbocycles. The van der Waals surface area contributed by atoms with Crippen molar-refractivity contribution in [2.24, 2.45) is 0 Å². The average Bonchev–Trinajstić information content (AvgIpc) is 3.53. The molecular weight excluding hydrogens is 560 g/mol. The normalized spacial score (nSPS) is 14.8. The average molecular weight is 593 g/mol. The molecule has 0 fully saturated rings. The van der Waals surface area contributed by atoms with Gasteiger partial charge in [-0.25, -0.2) is 22.2 Å². The molecule has 0 aliphatic heterocycles. The molecule has 2 heterocycles. The quantitative estimate of drug-likeness (QED) is 0.296. The van der Waals surface area contributed by atoms with Gasteiger partial charge in [-0.05, 0) is 69.0 Å². The molecule has 1 amide bonds. The smallest absolute Gasteiger partial charge is 0.408 e. The van der Waals surface area contributed by atoms with E-state index < -0.39 is 27.7 Å². The summed E-state index contributed by atoms with van der Waals surface area (Å²) < 4.78 is 45.5. The Hall–Kier alpha value is -4.45. The number of hydrogen-bond acceptors (Lipinski definition) is 9. The molecule has 0 saturated carbocycles. The predicted molar refractivity (Wildman–Crippen MR) is 154 cm³/mol. The van der Waals surface area contributed by atoms with Gasteiger partial charge in [-0.15, -0.1) is 0 Å². The molecule has 220 valence electrons. The molecule has 12 heteroatoms. The molecule has 11 nitrogen and oxygen atoms in total. The topological polar surface area (TPSA) is 139 Å². The number of rotatable bonds is 7. The van der Waals surface area contributed by atoms with E-state index in [2.05, 4.69) is 15.3 Å². The summed E-state index contributed by atoms with van der Waals surface area (Å²) in [4.78, 5) is 32.9. The highest BCUT2D eigenvalue weighted by Crippen LogP contribution is 2.41. The van der Waals surface area contributed by atoms with Crippen LogP contribution in [-0.4, -0.2) is 47.1 Å². The van der Waals surface area contributed by atoms with Gasteiger partial charge in [0.25, 0.3) is 10.0 Å². The van der Waals surface area contributed by atoms with Gasteiger partial charge in [0.2, 0.25) is 5.88 Å². The van der Waals surface area contributed by atoms with Crippen molar-refractivity contribution in [1.82, 2.24) is 19.3 Å². The van der Waals surface area contributed by atoms with Crippen molar-refractivity contribution >= 4 is 33.0 Å². The Bertz CT molecular complexity index is 1780. The molecule has 4 aromatic rings. The van der Waals surface area contributed by atoms with E-state index in [0.717, 1.165) is 16.5 Å². The van der Waals surface area contributed by atoms with Crippen LogP contribution in [0.1, 0.15) is 57.1 Å². The second-order valence-electron chi connectivity index (χ2n) is 10.9. The molecule has 1 atom stereocenters. The van der Waals surface area contributed by atoms with E-state index >= 15 is 0 Å². The first kappa shape index (κ1) is 29.1. The van der Waals surface area contributed by atoms with E-state index in [-0.39, 0.29) is 40.6 Å². The minimum atomic E-state index is -4.09. The molecule has 0 unspecified atom stereocenters. The van der Waals surface area contributed by atoms with E-state index in [1.807, 2.05) is 6.07 Å². The lowest BCUT2D eigenvalue weighted by atomic mass is 10.0. The van der Waals surface area contributed by atoms with Crippen LogP contribution < -0.4 is 10.1 Å². The Morgan fingerprint density at radius 2 is 1.81 bits per heavy atom. The van der Waals surface area contributed by atoms with Crippen molar-refractivity contribution in [2.75, 3.05) is 7.11 Å². The first-order chi connectivity index (χ1) is 19.9. The fourth-order valence-corrected chi connectivity index (χ4v) is 6.59. The highest BCUT2D eigenvalue weighted by molar-refractivity contribution is 7.90. The third kappa shape index (κ3) is 5.80. The molecule has 1 aliphatic rings. The maximum Gasteiger partial charge on any atom is 0.408 e. The van der Waals surface area contributed by atoms with Crippen LogP contribution in [0.3, 0.4) is 0 Å². The standard InChI is InChI=1S/C30H32N4O7S/c1-18(35)40-17-27-31-24(16-28(33-27)39-5)26-15-22-20-11-13-23(32-29(36)41-30(2,3)4)21(20)12-14-25(22)34(26)42(37,38)19-9-7-6-8-10-19/h6-10,12,14-16,23H,11,13,17H2,1-5H3,(H,32,36)/t23-/m1/s1. The number of alkyl carbamates (subject to hydrolysis) is 1. The number of carbonyl (C=O) groups is 2. The summed E-state index contributed by atoms with van der Waals surface area (Å²) in [5, 5.41) is 3.66. The number of fused-ring (bicyclic) bond motifs is 3. The maximum absolute atomic E-state index is 14.1. The lowest BCUT2D eigenvalue weighted by molar-refractivity contribution is -0.142. The van der Waals surface area contributed by atoms with Crippen LogP contribution in [0.15, 0.2) is 59.5 Å². The maximum atomic E-state index is 14.1. The Balaban J connectivity index is 1.69. The summed E-state index contributed by atoms with van der Waals surface area (Å²) in [7, 11) is -2.66. The Labute approximate surface area is 243 Å². The summed E-state index contributed by atoms with van der Waals surface area (Å²) in [5.41, 5.74) is 2.21. The number of ether oxygens (including phenoxy) is 3. The Morgan fingerprint density at radius 3 is 2.48 bits per heavy atom. The third-order valence-electron chi connectivity index (χ3n) is 6.74. The monoisotopic (exact) mass is 592 g/mol. The van der Waals surface area contributed by atoms with Gasteiger partial charge >= 0.3 is 12.1 Å². The fraction of sp³-hybridized carbons (Fsp3) is 0.333. The number of aryl methyl sites for hydroxylation is 1. The zero-order chi connectivity index (χ0) is 30.2. The first-order valence-corrected chi connectivity index (χ1v) is 14.8. The summed E-state index contributed by atoms with van der Waals surface area (Å²) in [5.74, 6) is -0.169. The molecule has 0 saturated heterocycles. The number of nitrogens with one attached hydrogen (secondary N) is 1. The summed E-state index contributed by atoms with van der Waals surface area (Å²) in [6.07, 6.45) is 0.735. The highest BCUT2D eigenvalue weighted by Gasteiger charge is 2.31. The van der Waals surface area contributed by atoms with Gasteiger partial charge in [0, 0.05) is 18.4 Å². The number of amides is 1. The molecule has 42 heavy (non-hydrogen) atoms. The minimum Gasteiger partial charge on any atom is -0.481 e. The summed E-state index contributed by atoms with van der Waals surface area (Å²) >= 11 is 0. The van der Waals surface area contributed by atoms with Crippen LogP contribution in [0, 0.1) is 0 Å². The van der Waals surface area contributed by atoms with E-state index in [1.54, 1.807) is 51.1 Å². The van der Waals surface area contributed by atoms with Gasteiger partial charge in [-0.1, -0.05) is 24.3 Å². The Kier molecular flexibility index (Phi) is 7.67. The molecule has 2 aromatic carbocycles. The third-order valence-corrected chi connectivity index (χ3v) is 8.49. The predicted octanol–water partition coefficient (Wildman–Crippen LogP) is 4.92. The zero-order valence-electron chi connectivity index (χ0n) is 24.0. The zero-order valence-corrected chi connectivity index (χ0v) is 24.8. The SMILES string of the molecule is COc1cc(-c2cc3c4c(ccc3n2S(=O)(=O)c2ccccc2)[C@H](NC(=O)OC(C)(C)C)CC4)nc(COC(C)=O)n1. The van der Waals surface area contributed by atoms with E-state index in [1.165, 1.54) is 36.2 Å². The minimum absolute atomic E-state index is 0.106. The number of nitrogens with zero attached hydrogens (tertiary/aromatic N) is 3. The van der Waals surface area contributed by atoms with Gasteiger partial charge in [0.15, 0.2) is 12.4 Å². The van der Waals surface area contributed by atoms with Gasteiger partial charge in [0.1, 0.15) is 5.60 Å². The number of carbonyl (C=O) groups excluding carboxylic acids is 2. The van der Waals surface area contributed by atoms with Crippen molar-refractivity contribution in [3.05, 3.63) is 71.5 Å². The number of benzene rings is 2. The van der Waals surface area contributed by atoms with Crippen LogP contribution in [0.25, 0.3) is 22.3 Å². The second kappa shape index (κ2) is 11.1. The number of hydrogen-bond donors (Lipinski definition) is 1. The van der Waals surface area contributed by atoms with E-state index in [0.29, 0.717) is 18.4 Å². The summed E-state index contributed by atoms with van der Waals surface area (Å²) in [6.45, 7) is 6.47. The highest BCUT2D eigenvalue weighted by atomic mass is 32.2. The van der Waals surface area contributed by atoms with Crippen molar-refractivity contribution in [1.29, 1.82) is 0 Å². The fourth-order valence-electron chi connectivity index (χ4n) is 5.06. The van der Waals surface area contributed by atoms with Gasteiger partial charge in [-0.3, -0.25) is 4.79 Å². The lowest BCUT2D eigenvalue weighted by Crippen LogP contribution is -2.34. The van der Waals surface area contributed by atoms with Crippen molar-refractivity contribution in [3.8, 4) is 17.3 Å². The molecule has 0 spiro atoms. The van der Waals surface area contributed by atoms with Crippen molar-refractivity contribution < 1.29 is 32.2 Å². The first-order valence-electron chi connectivity index (χ1n) is 13.4.